The summed E-state index contributed by atoms with van der Waals surface area (Å²) in [5.74, 6) is -5.55. The van der Waals surface area contributed by atoms with Crippen LogP contribution in [0, 0.1) is 0 Å². The lowest BCUT2D eigenvalue weighted by Crippen LogP contribution is -2.57. The molecular formula is C48H47Br12N3O21. The summed E-state index contributed by atoms with van der Waals surface area (Å²) in [6.07, 6.45) is -9.85. The summed E-state index contributed by atoms with van der Waals surface area (Å²) in [6.45, 7) is -1.29. The Kier molecular flexibility index (Phi) is 30.8. The van der Waals surface area contributed by atoms with E-state index in [0.29, 0.717) is 18.2 Å². The van der Waals surface area contributed by atoms with Crippen molar-refractivity contribution < 1.29 is 87.0 Å². The molecule has 0 saturated heterocycles. The van der Waals surface area contributed by atoms with Crippen LogP contribution >= 0.6 is 191 Å². The summed E-state index contributed by atoms with van der Waals surface area (Å²) < 4.78 is 51.0. The molecule has 4 N–H and O–H groups in total. The summed E-state index contributed by atoms with van der Waals surface area (Å²) in [5, 5.41) is 45.2. The van der Waals surface area contributed by atoms with Gasteiger partial charge in [-0.1, -0.05) is 0 Å². The SMILES string of the molecule is COCC(C)OC(=O)c1c(Br)c(Br)c(Br)c(Br)c1C(=O)OCC(O)Cn1c(=O)n(CC(O)COC(=O)c2c(Br)c(Br)c(Br)c(Br)c2C(=O)OC(C)COC)c(=O)n(CC(O)COC(=O)c2c(Br)c(Br)c(Br)c(Br)c2C(O)OC(C)COC)c1=O. The van der Waals surface area contributed by atoms with Crippen molar-refractivity contribution in [1.29, 1.82) is 0 Å². The van der Waals surface area contributed by atoms with Gasteiger partial charge in [0, 0.05) is 80.6 Å². The zero-order valence-electron chi connectivity index (χ0n) is 44.0. The van der Waals surface area contributed by atoms with Crippen LogP contribution in [0.3, 0.4) is 0 Å². The second-order valence-electron chi connectivity index (χ2n) is 17.6. The highest BCUT2D eigenvalue weighted by atomic mass is 79.9. The molecule has 4 rings (SSSR count). The summed E-state index contributed by atoms with van der Waals surface area (Å²) in [6, 6.07) is 0. The topological polar surface area (TPSA) is 315 Å². The van der Waals surface area contributed by atoms with E-state index in [0.717, 1.165) is 0 Å². The highest BCUT2D eigenvalue weighted by Crippen LogP contribution is 2.46. The van der Waals surface area contributed by atoms with Gasteiger partial charge in [-0.25, -0.2) is 52.1 Å². The van der Waals surface area contributed by atoms with Crippen molar-refractivity contribution in [2.24, 2.45) is 0 Å². The molecule has 0 radical (unpaired) electrons. The maximum atomic E-state index is 14.3. The minimum atomic E-state index is -1.95. The zero-order valence-corrected chi connectivity index (χ0v) is 63.0. The highest BCUT2D eigenvalue weighted by molar-refractivity contribution is 9.16. The van der Waals surface area contributed by atoms with Gasteiger partial charge in [-0.15, -0.1) is 0 Å². The Hall–Kier alpha value is -1.14. The largest absolute Gasteiger partial charge is 0.459 e. The van der Waals surface area contributed by atoms with Gasteiger partial charge in [-0.3, -0.25) is 0 Å². The lowest BCUT2D eigenvalue weighted by atomic mass is 10.1. The molecule has 36 heteroatoms. The average Bonchev–Trinajstić information content (AvgIpc) is 1.27. The van der Waals surface area contributed by atoms with Crippen molar-refractivity contribution in [2.75, 3.05) is 61.0 Å². The molecule has 7 atom stereocenters. The van der Waals surface area contributed by atoms with Crippen molar-refractivity contribution in [1.82, 2.24) is 13.7 Å². The Labute approximate surface area is 578 Å². The van der Waals surface area contributed by atoms with Crippen molar-refractivity contribution in [3.05, 3.63) is 119 Å². The van der Waals surface area contributed by atoms with Crippen LogP contribution in [0.25, 0.3) is 0 Å². The summed E-state index contributed by atoms with van der Waals surface area (Å²) in [4.78, 5) is 111. The number of hydrogen-bond acceptors (Lipinski definition) is 21. The number of carbonyl (C=O) groups is 5. The van der Waals surface area contributed by atoms with Crippen molar-refractivity contribution >= 4 is 221 Å². The van der Waals surface area contributed by atoms with E-state index in [2.05, 4.69) is 191 Å². The van der Waals surface area contributed by atoms with E-state index in [-0.39, 0.29) is 102 Å². The molecule has 464 valence electrons. The van der Waals surface area contributed by atoms with E-state index in [1.54, 1.807) is 6.92 Å². The third-order valence-corrected chi connectivity index (χ3v) is 25.4. The molecule has 4 aromatic rings. The summed E-state index contributed by atoms with van der Waals surface area (Å²) in [5.41, 5.74) is -6.23. The predicted molar refractivity (Wildman–Crippen MR) is 341 cm³/mol. The fourth-order valence-corrected chi connectivity index (χ4v) is 14.8. The maximum Gasteiger partial charge on any atom is 0.340 e. The monoisotopic (exact) mass is 1950 g/mol. The first-order valence-corrected chi connectivity index (χ1v) is 33.1. The van der Waals surface area contributed by atoms with Gasteiger partial charge in [0.25, 0.3) is 0 Å². The molecule has 0 spiro atoms. The number of esters is 5. The number of aliphatic hydroxyl groups excluding tert-OH is 4. The number of nitrogens with zero attached hydrogens (tertiary/aromatic N) is 3. The van der Waals surface area contributed by atoms with Crippen LogP contribution in [0.1, 0.15) is 84.4 Å². The van der Waals surface area contributed by atoms with Crippen LogP contribution in [-0.4, -0.2) is 162 Å². The van der Waals surface area contributed by atoms with Crippen LogP contribution in [0.5, 0.6) is 0 Å². The van der Waals surface area contributed by atoms with E-state index in [1.807, 2.05) is 0 Å². The minimum absolute atomic E-state index is 0.00112. The van der Waals surface area contributed by atoms with Gasteiger partial charge in [-0.05, 0) is 212 Å². The average molecular weight is 1960 g/mol. The summed E-state index contributed by atoms with van der Waals surface area (Å²) >= 11 is 39.9. The molecule has 84 heavy (non-hydrogen) atoms. The molecule has 24 nitrogen and oxygen atoms in total. The van der Waals surface area contributed by atoms with Gasteiger partial charge in [0.2, 0.25) is 0 Å². The van der Waals surface area contributed by atoms with Crippen LogP contribution in [0.15, 0.2) is 68.1 Å². The van der Waals surface area contributed by atoms with E-state index < -0.39 is 129 Å². The number of hydrogen-bond donors (Lipinski definition) is 4. The van der Waals surface area contributed by atoms with E-state index in [1.165, 1.54) is 35.2 Å². The Balaban J connectivity index is 1.75. The van der Waals surface area contributed by atoms with Gasteiger partial charge in [0.1, 0.15) is 50.3 Å². The van der Waals surface area contributed by atoms with E-state index >= 15 is 0 Å². The first kappa shape index (κ1) is 75.3. The molecule has 0 aliphatic carbocycles. The fourth-order valence-electron chi connectivity index (χ4n) is 7.37. The van der Waals surface area contributed by atoms with Gasteiger partial charge < -0.3 is 63.1 Å². The lowest BCUT2D eigenvalue weighted by molar-refractivity contribution is -0.148. The molecule has 0 saturated carbocycles. The van der Waals surface area contributed by atoms with Gasteiger partial charge in [-0.2, -0.15) is 0 Å². The molecule has 1 aromatic heterocycles. The van der Waals surface area contributed by atoms with Crippen LogP contribution in [-0.2, 0) is 62.3 Å². The standard InChI is InChI=1S/C48H47Br12N3O21/c1-16(10-76-4)82-43(70)25-22(28(49)34(55)37(58)31(25)52)40(67)79-13-19(64)7-61-46(73)62(8-20(65)14-80-41(68)23-26(44(71)83-17(2)11-77-5)32(53)38(59)35(56)29(23)50)48(75)63(47(61)74)9-21(66)15-81-42(69)24-27(45(72)84-18(3)12-78-6)33(54)39(60)36(57)30(24)51/h16-21,43,64-66,70H,7-15H2,1-6H3. The highest BCUT2D eigenvalue weighted by Gasteiger charge is 2.35. The number of aliphatic hydroxyl groups is 4. The Morgan fingerprint density at radius 3 is 0.917 bits per heavy atom. The Morgan fingerprint density at radius 2 is 0.619 bits per heavy atom. The second-order valence-corrected chi connectivity index (χ2v) is 27.1. The predicted octanol–water partition coefficient (Wildman–Crippen LogP) is 9.40. The second kappa shape index (κ2) is 34.3. The Bertz CT molecular complexity index is 3190. The van der Waals surface area contributed by atoms with Crippen molar-refractivity contribution in [2.45, 2.75) is 83.3 Å². The number of rotatable bonds is 28. The molecule has 3 aromatic carbocycles. The zero-order chi connectivity index (χ0) is 63.5. The normalized spacial score (nSPS) is 14.0. The number of aromatic nitrogens is 3. The molecule has 0 amide bonds. The molecule has 0 aliphatic rings. The number of ether oxygens (including phenoxy) is 9. The maximum absolute atomic E-state index is 14.3. The smallest absolute Gasteiger partial charge is 0.340 e. The number of halogens is 12. The van der Waals surface area contributed by atoms with Gasteiger partial charge in [0.05, 0.1) is 73.4 Å². The van der Waals surface area contributed by atoms with Crippen molar-refractivity contribution in [3.8, 4) is 0 Å². The third kappa shape index (κ3) is 18.5. The minimum Gasteiger partial charge on any atom is -0.459 e. The molecule has 0 aliphatic heterocycles. The van der Waals surface area contributed by atoms with Crippen LogP contribution in [0.4, 0.5) is 0 Å². The first-order valence-electron chi connectivity index (χ1n) is 23.6. The van der Waals surface area contributed by atoms with E-state index in [4.69, 9.17) is 42.6 Å². The molecular weight excluding hydrogens is 1910 g/mol. The van der Waals surface area contributed by atoms with Crippen LogP contribution < -0.4 is 17.1 Å². The molecule has 1 heterocycles. The summed E-state index contributed by atoms with van der Waals surface area (Å²) in [7, 11) is 4.18. The lowest BCUT2D eigenvalue weighted by Gasteiger charge is -2.23. The third-order valence-electron chi connectivity index (χ3n) is 11.1. The first-order chi connectivity index (χ1) is 39.3. The number of methoxy groups -OCH3 is 3. The molecule has 7 unspecified atom stereocenters. The number of benzene rings is 3. The van der Waals surface area contributed by atoms with Crippen LogP contribution in [0.2, 0.25) is 0 Å². The molecule has 0 bridgehead atoms. The fraction of sp³-hybridized carbons (Fsp3) is 0.458. The molecule has 0 fully saturated rings. The van der Waals surface area contributed by atoms with Gasteiger partial charge in [0.15, 0.2) is 6.29 Å². The van der Waals surface area contributed by atoms with E-state index in [9.17, 15) is 58.8 Å². The van der Waals surface area contributed by atoms with Crippen molar-refractivity contribution in [3.63, 3.8) is 0 Å². The number of carbonyl (C=O) groups excluding carboxylic acids is 5. The van der Waals surface area contributed by atoms with Gasteiger partial charge >= 0.3 is 46.9 Å². The quantitative estimate of drug-likeness (QED) is 0.0135. The Morgan fingerprint density at radius 1 is 0.369 bits per heavy atom.